The van der Waals surface area contributed by atoms with Gasteiger partial charge in [-0.15, -0.1) is 0 Å². The van der Waals surface area contributed by atoms with E-state index in [-0.39, 0.29) is 18.7 Å². The van der Waals surface area contributed by atoms with E-state index in [1.54, 1.807) is 4.90 Å². The molecule has 1 saturated carbocycles. The van der Waals surface area contributed by atoms with E-state index in [0.29, 0.717) is 24.4 Å². The van der Waals surface area contributed by atoms with E-state index in [4.69, 9.17) is 9.84 Å². The van der Waals surface area contributed by atoms with Crippen molar-refractivity contribution in [1.29, 1.82) is 0 Å². The Balaban J connectivity index is 2.02. The van der Waals surface area contributed by atoms with Crippen LogP contribution < -0.4 is 10.1 Å². The van der Waals surface area contributed by atoms with Crippen LogP contribution in [0.25, 0.3) is 0 Å². The standard InChI is InChI=1S/C15H21FN2O3/c1-21-14-7-4-11(16)10-13(14)17-15(20)18(12-5-6-12)8-2-3-9-19/h4,7,10,12,19H,2-3,5-6,8-9H2,1H3,(H,17,20). The lowest BCUT2D eigenvalue weighted by Gasteiger charge is -2.23. The summed E-state index contributed by atoms with van der Waals surface area (Å²) in [4.78, 5) is 14.1. The summed E-state index contributed by atoms with van der Waals surface area (Å²) in [6.07, 6.45) is 3.40. The first-order chi connectivity index (χ1) is 10.2. The molecule has 1 aromatic rings. The average molecular weight is 296 g/mol. The SMILES string of the molecule is COc1ccc(F)cc1NC(=O)N(CCCCO)C1CC1. The molecule has 2 rings (SSSR count). The lowest BCUT2D eigenvalue weighted by atomic mass is 10.2. The van der Waals surface area contributed by atoms with Gasteiger partial charge in [0.2, 0.25) is 0 Å². The number of methoxy groups -OCH3 is 1. The van der Waals surface area contributed by atoms with Crippen LogP contribution >= 0.6 is 0 Å². The maximum absolute atomic E-state index is 13.3. The molecule has 2 N–H and O–H groups in total. The van der Waals surface area contributed by atoms with Gasteiger partial charge in [-0.3, -0.25) is 0 Å². The number of halogens is 1. The van der Waals surface area contributed by atoms with Crippen LogP contribution in [0.4, 0.5) is 14.9 Å². The Kier molecular flexibility index (Phi) is 5.38. The second-order valence-electron chi connectivity index (χ2n) is 5.13. The zero-order valence-corrected chi connectivity index (χ0v) is 12.1. The normalized spacial score (nSPS) is 13.9. The third-order valence-corrected chi connectivity index (χ3v) is 3.46. The highest BCUT2D eigenvalue weighted by Crippen LogP contribution is 2.30. The number of unbranched alkanes of at least 4 members (excludes halogenated alkanes) is 1. The van der Waals surface area contributed by atoms with Crippen LogP contribution in [0.5, 0.6) is 5.75 Å². The number of amides is 2. The molecule has 0 radical (unpaired) electrons. The molecule has 0 bridgehead atoms. The van der Waals surface area contributed by atoms with Gasteiger partial charge >= 0.3 is 6.03 Å². The lowest BCUT2D eigenvalue weighted by Crippen LogP contribution is -2.37. The molecule has 1 aromatic carbocycles. The van der Waals surface area contributed by atoms with Gasteiger partial charge in [-0.1, -0.05) is 0 Å². The van der Waals surface area contributed by atoms with E-state index in [0.717, 1.165) is 19.3 Å². The summed E-state index contributed by atoms with van der Waals surface area (Å²) < 4.78 is 18.4. The van der Waals surface area contributed by atoms with E-state index in [1.165, 1.54) is 25.3 Å². The average Bonchev–Trinajstić information content (AvgIpc) is 3.28. The summed E-state index contributed by atoms with van der Waals surface area (Å²) >= 11 is 0. The Hall–Kier alpha value is -1.82. The molecular formula is C15H21FN2O3. The van der Waals surface area contributed by atoms with Gasteiger partial charge in [-0.05, 0) is 37.8 Å². The highest BCUT2D eigenvalue weighted by atomic mass is 19.1. The quantitative estimate of drug-likeness (QED) is 0.760. The first-order valence-electron chi connectivity index (χ1n) is 7.17. The second-order valence-corrected chi connectivity index (χ2v) is 5.13. The Morgan fingerprint density at radius 1 is 1.48 bits per heavy atom. The predicted octanol–water partition coefficient (Wildman–Crippen LogP) is 2.60. The maximum atomic E-state index is 13.3. The molecule has 6 heteroatoms. The summed E-state index contributed by atoms with van der Waals surface area (Å²) in [7, 11) is 1.48. The zero-order valence-electron chi connectivity index (χ0n) is 12.1. The number of hydrogen-bond donors (Lipinski definition) is 2. The molecule has 0 spiro atoms. The molecule has 1 aliphatic rings. The third kappa shape index (κ3) is 4.32. The van der Waals surface area contributed by atoms with Crippen LogP contribution in [0.15, 0.2) is 18.2 Å². The van der Waals surface area contributed by atoms with Gasteiger partial charge in [0.05, 0.1) is 12.8 Å². The van der Waals surface area contributed by atoms with Crippen molar-refractivity contribution in [2.24, 2.45) is 0 Å². The van der Waals surface area contributed by atoms with Crippen molar-refractivity contribution in [3.05, 3.63) is 24.0 Å². The number of urea groups is 1. The van der Waals surface area contributed by atoms with Crippen molar-refractivity contribution in [1.82, 2.24) is 4.90 Å². The van der Waals surface area contributed by atoms with E-state index in [9.17, 15) is 9.18 Å². The molecule has 1 aliphatic carbocycles. The van der Waals surface area contributed by atoms with Gasteiger partial charge in [0.25, 0.3) is 0 Å². The molecule has 0 unspecified atom stereocenters. The van der Waals surface area contributed by atoms with Crippen molar-refractivity contribution in [3.63, 3.8) is 0 Å². The monoisotopic (exact) mass is 296 g/mol. The highest BCUT2D eigenvalue weighted by Gasteiger charge is 2.32. The summed E-state index contributed by atoms with van der Waals surface area (Å²) in [5, 5.41) is 11.5. The predicted molar refractivity (Wildman–Crippen MR) is 78.0 cm³/mol. The first kappa shape index (κ1) is 15.6. The Labute approximate surface area is 123 Å². The molecule has 0 aromatic heterocycles. The van der Waals surface area contributed by atoms with Crippen LogP contribution in [-0.4, -0.2) is 42.3 Å². The molecule has 0 aliphatic heterocycles. The van der Waals surface area contributed by atoms with Crippen LogP contribution in [0.2, 0.25) is 0 Å². The molecule has 1 fully saturated rings. The Bertz CT molecular complexity index is 492. The smallest absolute Gasteiger partial charge is 0.322 e. The van der Waals surface area contributed by atoms with Gasteiger partial charge in [0.1, 0.15) is 11.6 Å². The van der Waals surface area contributed by atoms with Gasteiger partial charge in [-0.2, -0.15) is 0 Å². The zero-order chi connectivity index (χ0) is 15.2. The van der Waals surface area contributed by atoms with Crippen LogP contribution in [0, 0.1) is 5.82 Å². The molecule has 116 valence electrons. The van der Waals surface area contributed by atoms with E-state index < -0.39 is 5.82 Å². The van der Waals surface area contributed by atoms with E-state index in [1.807, 2.05) is 0 Å². The number of anilines is 1. The van der Waals surface area contributed by atoms with Gasteiger partial charge < -0.3 is 20.1 Å². The van der Waals surface area contributed by atoms with Crippen molar-refractivity contribution in [2.45, 2.75) is 31.7 Å². The number of benzene rings is 1. The number of carbonyl (C=O) groups excluding carboxylic acids is 1. The molecule has 2 amide bonds. The fourth-order valence-electron chi connectivity index (χ4n) is 2.19. The number of nitrogens with zero attached hydrogens (tertiary/aromatic N) is 1. The van der Waals surface area contributed by atoms with Crippen molar-refractivity contribution >= 4 is 11.7 Å². The van der Waals surface area contributed by atoms with Gasteiger partial charge in [0, 0.05) is 25.3 Å². The first-order valence-corrected chi connectivity index (χ1v) is 7.17. The molecular weight excluding hydrogens is 275 g/mol. The Morgan fingerprint density at radius 3 is 2.86 bits per heavy atom. The molecule has 0 heterocycles. The largest absolute Gasteiger partial charge is 0.495 e. The number of carbonyl (C=O) groups is 1. The van der Waals surface area contributed by atoms with Crippen molar-refractivity contribution < 1.29 is 19.0 Å². The number of nitrogens with one attached hydrogen (secondary N) is 1. The minimum Gasteiger partial charge on any atom is -0.495 e. The van der Waals surface area contributed by atoms with Crippen LogP contribution in [-0.2, 0) is 0 Å². The summed E-state index contributed by atoms with van der Waals surface area (Å²) in [6, 6.07) is 4.02. The molecule has 0 atom stereocenters. The highest BCUT2D eigenvalue weighted by molar-refractivity contribution is 5.91. The minimum absolute atomic E-state index is 0.123. The molecule has 21 heavy (non-hydrogen) atoms. The summed E-state index contributed by atoms with van der Waals surface area (Å²) in [6.45, 7) is 0.715. The fourth-order valence-corrected chi connectivity index (χ4v) is 2.19. The van der Waals surface area contributed by atoms with E-state index in [2.05, 4.69) is 5.32 Å². The third-order valence-electron chi connectivity index (χ3n) is 3.46. The molecule has 5 nitrogen and oxygen atoms in total. The summed E-state index contributed by atoms with van der Waals surface area (Å²) in [5.74, 6) is 0.000192. The molecule has 0 saturated heterocycles. The Morgan fingerprint density at radius 2 is 2.24 bits per heavy atom. The van der Waals surface area contributed by atoms with Gasteiger partial charge in [-0.25, -0.2) is 9.18 Å². The lowest BCUT2D eigenvalue weighted by molar-refractivity contribution is 0.204. The van der Waals surface area contributed by atoms with Gasteiger partial charge in [0.15, 0.2) is 0 Å². The maximum Gasteiger partial charge on any atom is 0.322 e. The topological polar surface area (TPSA) is 61.8 Å². The number of ether oxygens (including phenoxy) is 1. The van der Waals surface area contributed by atoms with E-state index >= 15 is 0 Å². The number of aliphatic hydroxyl groups is 1. The second kappa shape index (κ2) is 7.26. The number of rotatable bonds is 7. The van der Waals surface area contributed by atoms with Crippen LogP contribution in [0.1, 0.15) is 25.7 Å². The fraction of sp³-hybridized carbons (Fsp3) is 0.533. The number of hydrogen-bond acceptors (Lipinski definition) is 3. The minimum atomic E-state index is -0.427. The number of aliphatic hydroxyl groups excluding tert-OH is 1. The summed E-state index contributed by atoms with van der Waals surface area (Å²) in [5.41, 5.74) is 0.329. The van der Waals surface area contributed by atoms with Crippen molar-refractivity contribution in [3.8, 4) is 5.75 Å². The van der Waals surface area contributed by atoms with Crippen LogP contribution in [0.3, 0.4) is 0 Å². The van der Waals surface area contributed by atoms with Crippen molar-refractivity contribution in [2.75, 3.05) is 25.6 Å².